The molecule has 170 valence electrons. The third-order valence-electron chi connectivity index (χ3n) is 4.37. The summed E-state index contributed by atoms with van der Waals surface area (Å²) in [7, 11) is 2.91. The molecule has 2 heterocycles. The standard InChI is InChI=1S/C18H32O11/c1-10(2)7-24-8-11-13-14(29-18(23-4)17(22-3)28-13)15(25-6-5-19)16(27-11)26-9-12(20)21/h10-11,13-19H,5-9H2,1-4H3,(H,20,21)/t11?,13?,14-,15?,16+,17?,18?/m0/s1. The first-order chi connectivity index (χ1) is 13.9. The van der Waals surface area contributed by atoms with Gasteiger partial charge in [0.05, 0.1) is 19.8 Å². The molecule has 0 spiro atoms. The van der Waals surface area contributed by atoms with E-state index in [4.69, 9.17) is 48.1 Å². The lowest BCUT2D eigenvalue weighted by atomic mass is 9.97. The molecule has 7 atom stereocenters. The number of methoxy groups -OCH3 is 2. The molecule has 0 amide bonds. The molecule has 0 aromatic carbocycles. The zero-order valence-electron chi connectivity index (χ0n) is 17.2. The predicted molar refractivity (Wildman–Crippen MR) is 96.1 cm³/mol. The highest BCUT2D eigenvalue weighted by Gasteiger charge is 2.54. The van der Waals surface area contributed by atoms with E-state index in [0.29, 0.717) is 12.5 Å². The van der Waals surface area contributed by atoms with E-state index in [2.05, 4.69) is 0 Å². The van der Waals surface area contributed by atoms with Crippen LogP contribution in [-0.4, -0.2) is 107 Å². The van der Waals surface area contributed by atoms with Crippen molar-refractivity contribution in [1.29, 1.82) is 0 Å². The maximum absolute atomic E-state index is 11.0. The lowest BCUT2D eigenvalue weighted by molar-refractivity contribution is -0.413. The van der Waals surface area contributed by atoms with Crippen LogP contribution in [0.15, 0.2) is 0 Å². The summed E-state index contributed by atoms with van der Waals surface area (Å²) in [6.45, 7) is 3.88. The number of hydrogen-bond donors (Lipinski definition) is 2. The topological polar surface area (TPSA) is 131 Å². The Morgan fingerprint density at radius 3 is 2.21 bits per heavy atom. The third-order valence-corrected chi connectivity index (χ3v) is 4.37. The van der Waals surface area contributed by atoms with Gasteiger partial charge in [-0.3, -0.25) is 0 Å². The molecule has 0 aromatic rings. The quantitative estimate of drug-likeness (QED) is 0.424. The van der Waals surface area contributed by atoms with Gasteiger partial charge in [0.1, 0.15) is 31.0 Å². The van der Waals surface area contributed by atoms with Gasteiger partial charge in [-0.15, -0.1) is 0 Å². The van der Waals surface area contributed by atoms with Gasteiger partial charge in [0.15, 0.2) is 6.29 Å². The van der Waals surface area contributed by atoms with Crippen LogP contribution in [-0.2, 0) is 42.7 Å². The molecule has 2 N–H and O–H groups in total. The van der Waals surface area contributed by atoms with Crippen LogP contribution < -0.4 is 0 Å². The van der Waals surface area contributed by atoms with Crippen LogP contribution in [0.5, 0.6) is 0 Å². The molecule has 0 radical (unpaired) electrons. The molecule has 11 nitrogen and oxygen atoms in total. The van der Waals surface area contributed by atoms with E-state index in [9.17, 15) is 4.79 Å². The molecular weight excluding hydrogens is 392 g/mol. The highest BCUT2D eigenvalue weighted by molar-refractivity contribution is 5.68. The fourth-order valence-electron chi connectivity index (χ4n) is 3.18. The summed E-state index contributed by atoms with van der Waals surface area (Å²) in [4.78, 5) is 11.0. The van der Waals surface area contributed by atoms with Gasteiger partial charge in [-0.2, -0.15) is 0 Å². The van der Waals surface area contributed by atoms with Crippen molar-refractivity contribution in [2.75, 3.05) is 47.3 Å². The SMILES string of the molecule is COC1OC2C(COCC(C)C)O[C@@H](OCC(=O)O)C(OCCO)[C@H]2OC1OC. The van der Waals surface area contributed by atoms with Crippen molar-refractivity contribution in [3.8, 4) is 0 Å². The van der Waals surface area contributed by atoms with Crippen LogP contribution in [0.2, 0.25) is 0 Å². The maximum Gasteiger partial charge on any atom is 0.329 e. The second-order valence-electron chi connectivity index (χ2n) is 7.15. The van der Waals surface area contributed by atoms with Crippen LogP contribution in [0.4, 0.5) is 0 Å². The number of hydrogen-bond acceptors (Lipinski definition) is 10. The molecule has 2 rings (SSSR count). The molecule has 0 saturated carbocycles. The Labute approximate surface area is 170 Å². The van der Waals surface area contributed by atoms with Crippen molar-refractivity contribution in [3.05, 3.63) is 0 Å². The zero-order chi connectivity index (χ0) is 21.4. The molecule has 0 aromatic heterocycles. The van der Waals surface area contributed by atoms with Gasteiger partial charge in [-0.25, -0.2) is 4.79 Å². The van der Waals surface area contributed by atoms with Crippen molar-refractivity contribution in [2.45, 2.75) is 57.1 Å². The Hall–Kier alpha value is -0.890. The van der Waals surface area contributed by atoms with Crippen LogP contribution >= 0.6 is 0 Å². The fourth-order valence-corrected chi connectivity index (χ4v) is 3.18. The van der Waals surface area contributed by atoms with E-state index in [1.165, 1.54) is 14.2 Å². The van der Waals surface area contributed by atoms with Crippen molar-refractivity contribution >= 4 is 5.97 Å². The summed E-state index contributed by atoms with van der Waals surface area (Å²) in [6, 6.07) is 0. The van der Waals surface area contributed by atoms with Crippen molar-refractivity contribution < 1.29 is 52.9 Å². The van der Waals surface area contributed by atoms with E-state index < -0.39 is 55.9 Å². The Bertz CT molecular complexity index is 488. The number of ether oxygens (including phenoxy) is 8. The maximum atomic E-state index is 11.0. The number of carboxylic acid groups (broad SMARTS) is 1. The minimum atomic E-state index is -1.15. The minimum Gasteiger partial charge on any atom is -0.480 e. The van der Waals surface area contributed by atoms with Crippen LogP contribution in [0.3, 0.4) is 0 Å². The van der Waals surface area contributed by atoms with Gasteiger partial charge in [-0.1, -0.05) is 13.8 Å². The fraction of sp³-hybridized carbons (Fsp3) is 0.944. The molecule has 11 heteroatoms. The van der Waals surface area contributed by atoms with E-state index >= 15 is 0 Å². The van der Waals surface area contributed by atoms with E-state index in [-0.39, 0.29) is 19.8 Å². The minimum absolute atomic E-state index is 0.0204. The third kappa shape index (κ3) is 6.81. The Morgan fingerprint density at radius 2 is 1.66 bits per heavy atom. The number of fused-ring (bicyclic) bond motifs is 1. The highest BCUT2D eigenvalue weighted by atomic mass is 16.8. The first-order valence-electron chi connectivity index (χ1n) is 9.56. The molecule has 29 heavy (non-hydrogen) atoms. The Morgan fingerprint density at radius 1 is 1.00 bits per heavy atom. The summed E-state index contributed by atoms with van der Waals surface area (Å²) < 4.78 is 45.3. The summed E-state index contributed by atoms with van der Waals surface area (Å²) in [5.74, 6) is -0.832. The summed E-state index contributed by atoms with van der Waals surface area (Å²) >= 11 is 0. The number of aliphatic hydroxyl groups excluding tert-OH is 1. The van der Waals surface area contributed by atoms with Gasteiger partial charge in [0, 0.05) is 20.8 Å². The molecule has 2 aliphatic rings. The summed E-state index contributed by atoms with van der Waals surface area (Å²) in [5.41, 5.74) is 0. The number of aliphatic hydroxyl groups is 1. The molecule has 2 aliphatic heterocycles. The summed E-state index contributed by atoms with van der Waals surface area (Å²) in [5, 5.41) is 18.1. The lowest BCUT2D eigenvalue weighted by Gasteiger charge is -2.50. The average molecular weight is 424 g/mol. The van der Waals surface area contributed by atoms with Gasteiger partial charge >= 0.3 is 5.97 Å². The molecule has 0 aliphatic carbocycles. The number of carboxylic acids is 1. The smallest absolute Gasteiger partial charge is 0.329 e. The monoisotopic (exact) mass is 424 g/mol. The van der Waals surface area contributed by atoms with Crippen molar-refractivity contribution in [2.24, 2.45) is 5.92 Å². The van der Waals surface area contributed by atoms with Gasteiger partial charge < -0.3 is 48.1 Å². The highest BCUT2D eigenvalue weighted by Crippen LogP contribution is 2.35. The van der Waals surface area contributed by atoms with E-state index in [1.54, 1.807) is 0 Å². The number of rotatable bonds is 12. The van der Waals surface area contributed by atoms with E-state index in [1.807, 2.05) is 13.8 Å². The van der Waals surface area contributed by atoms with Crippen LogP contribution in [0.25, 0.3) is 0 Å². The largest absolute Gasteiger partial charge is 0.480 e. The predicted octanol–water partition coefficient (Wildman–Crippen LogP) is -0.408. The van der Waals surface area contributed by atoms with Crippen molar-refractivity contribution in [3.63, 3.8) is 0 Å². The van der Waals surface area contributed by atoms with Crippen molar-refractivity contribution in [1.82, 2.24) is 0 Å². The zero-order valence-corrected chi connectivity index (χ0v) is 17.2. The number of carbonyl (C=O) groups is 1. The second-order valence-corrected chi connectivity index (χ2v) is 7.15. The Kier molecular flexibility index (Phi) is 10.2. The van der Waals surface area contributed by atoms with Gasteiger partial charge in [0.25, 0.3) is 0 Å². The van der Waals surface area contributed by atoms with Crippen LogP contribution in [0, 0.1) is 5.92 Å². The van der Waals surface area contributed by atoms with Gasteiger partial charge in [0.2, 0.25) is 12.6 Å². The molecular formula is C18H32O11. The molecule has 5 unspecified atom stereocenters. The second kappa shape index (κ2) is 12.1. The molecule has 0 bridgehead atoms. The lowest BCUT2D eigenvalue weighted by Crippen LogP contribution is -2.67. The first kappa shape index (κ1) is 24.4. The number of aliphatic carboxylic acids is 1. The molecule has 2 fully saturated rings. The molecule has 2 saturated heterocycles. The average Bonchev–Trinajstić information content (AvgIpc) is 2.69. The summed E-state index contributed by atoms with van der Waals surface area (Å²) in [6.07, 6.45) is -5.55. The van der Waals surface area contributed by atoms with Gasteiger partial charge in [-0.05, 0) is 5.92 Å². The van der Waals surface area contributed by atoms with E-state index in [0.717, 1.165) is 0 Å². The normalized spacial score (nSPS) is 34.9. The van der Waals surface area contributed by atoms with Crippen LogP contribution in [0.1, 0.15) is 13.8 Å². The Balaban J connectivity index is 2.21. The first-order valence-corrected chi connectivity index (χ1v) is 9.56.